The van der Waals surface area contributed by atoms with Gasteiger partial charge in [0.05, 0.1) is 24.5 Å². The van der Waals surface area contributed by atoms with Crippen LogP contribution in [0.25, 0.3) is 16.5 Å². The van der Waals surface area contributed by atoms with Crippen molar-refractivity contribution in [2.45, 2.75) is 25.4 Å². The molecule has 8 heteroatoms. The maximum atomic E-state index is 12.1. The van der Waals surface area contributed by atoms with Crippen LogP contribution in [0.4, 0.5) is 11.4 Å². The lowest BCUT2D eigenvalue weighted by atomic mass is 10.0. The number of amides is 1. The fraction of sp³-hybridized carbons (Fsp3) is 0.156. The van der Waals surface area contributed by atoms with Crippen LogP contribution in [0.3, 0.4) is 0 Å². The lowest BCUT2D eigenvalue weighted by Gasteiger charge is -2.29. The maximum absolute atomic E-state index is 12.1. The van der Waals surface area contributed by atoms with Crippen LogP contribution >= 0.6 is 12.2 Å². The standard InChI is InChI=1S/C32H29N5O2S/c1-3-29(38)34-25-16-15-24(20-28(25)39-2)37-31(30(35-32(37)40)26-11-6-7-17-33-26)27-12-8-18-36(27)23-14-13-21-9-4-5-10-22(21)19-23/h4-20,30-31H,3H2,1-2H3,(H,34,38)(H,35,40)/t30-,31+/m1/s1. The molecule has 1 aliphatic heterocycles. The van der Waals surface area contributed by atoms with Crippen LogP contribution in [-0.2, 0) is 4.79 Å². The van der Waals surface area contributed by atoms with Gasteiger partial charge in [0.15, 0.2) is 5.11 Å². The molecule has 0 radical (unpaired) electrons. The normalized spacial score (nSPS) is 16.6. The SMILES string of the molecule is CCC(=O)Nc1ccc(N2C(=S)N[C@H](c3ccccn3)[C@@H]2c2cccn2-c2ccc3ccccc3c2)cc1OC. The van der Waals surface area contributed by atoms with E-state index in [-0.39, 0.29) is 18.0 Å². The lowest BCUT2D eigenvalue weighted by Crippen LogP contribution is -2.30. The van der Waals surface area contributed by atoms with Crippen molar-refractivity contribution < 1.29 is 9.53 Å². The van der Waals surface area contributed by atoms with Crippen molar-refractivity contribution in [1.29, 1.82) is 0 Å². The van der Waals surface area contributed by atoms with Crippen LogP contribution in [0.2, 0.25) is 0 Å². The first-order valence-electron chi connectivity index (χ1n) is 13.2. The largest absolute Gasteiger partial charge is 0.494 e. The summed E-state index contributed by atoms with van der Waals surface area (Å²) >= 11 is 5.94. The van der Waals surface area contributed by atoms with Gasteiger partial charge in [-0.2, -0.15) is 0 Å². The molecule has 0 bridgehead atoms. The smallest absolute Gasteiger partial charge is 0.224 e. The lowest BCUT2D eigenvalue weighted by molar-refractivity contribution is -0.115. The van der Waals surface area contributed by atoms with E-state index < -0.39 is 0 Å². The minimum atomic E-state index is -0.218. The van der Waals surface area contributed by atoms with Gasteiger partial charge in [-0.1, -0.05) is 43.3 Å². The third-order valence-corrected chi connectivity index (χ3v) is 7.57. The number of hydrogen-bond acceptors (Lipinski definition) is 4. The second-order valence-corrected chi connectivity index (χ2v) is 10.0. The Balaban J connectivity index is 1.47. The first-order valence-corrected chi connectivity index (χ1v) is 13.6. The maximum Gasteiger partial charge on any atom is 0.224 e. The molecular weight excluding hydrogens is 518 g/mol. The minimum absolute atomic E-state index is 0.0780. The molecule has 2 atom stereocenters. The van der Waals surface area contributed by atoms with Gasteiger partial charge in [0.2, 0.25) is 5.91 Å². The van der Waals surface area contributed by atoms with Crippen molar-refractivity contribution in [3.8, 4) is 11.4 Å². The highest BCUT2D eigenvalue weighted by Crippen LogP contribution is 2.44. The summed E-state index contributed by atoms with van der Waals surface area (Å²) in [7, 11) is 1.60. The van der Waals surface area contributed by atoms with Crippen molar-refractivity contribution in [3.63, 3.8) is 0 Å². The average molecular weight is 548 g/mol. The molecule has 1 aliphatic rings. The van der Waals surface area contributed by atoms with E-state index in [4.69, 9.17) is 17.0 Å². The minimum Gasteiger partial charge on any atom is -0.494 e. The second-order valence-electron chi connectivity index (χ2n) is 9.62. The molecule has 3 aromatic carbocycles. The predicted octanol–water partition coefficient (Wildman–Crippen LogP) is 6.56. The second kappa shape index (κ2) is 10.8. The molecule has 2 N–H and O–H groups in total. The Morgan fingerprint density at radius 1 is 0.975 bits per heavy atom. The van der Waals surface area contributed by atoms with E-state index in [2.05, 4.69) is 85.9 Å². The number of carbonyl (C=O) groups is 1. The van der Waals surface area contributed by atoms with E-state index in [0.29, 0.717) is 23.0 Å². The van der Waals surface area contributed by atoms with Crippen LogP contribution < -0.4 is 20.3 Å². The van der Waals surface area contributed by atoms with Gasteiger partial charge < -0.3 is 24.8 Å². The zero-order chi connectivity index (χ0) is 27.6. The van der Waals surface area contributed by atoms with E-state index in [1.165, 1.54) is 10.8 Å². The van der Waals surface area contributed by atoms with Crippen LogP contribution in [0.15, 0.2) is 103 Å². The van der Waals surface area contributed by atoms with Gasteiger partial charge in [0, 0.05) is 41.9 Å². The van der Waals surface area contributed by atoms with Gasteiger partial charge in [-0.25, -0.2) is 0 Å². The van der Waals surface area contributed by atoms with E-state index >= 15 is 0 Å². The third kappa shape index (κ3) is 4.67. The van der Waals surface area contributed by atoms with Crippen molar-refractivity contribution in [2.75, 3.05) is 17.3 Å². The molecule has 0 saturated carbocycles. The molecule has 1 amide bonds. The third-order valence-electron chi connectivity index (χ3n) is 7.25. The van der Waals surface area contributed by atoms with E-state index in [1.807, 2.05) is 43.3 Å². The van der Waals surface area contributed by atoms with Crippen molar-refractivity contribution >= 4 is 45.4 Å². The van der Waals surface area contributed by atoms with Crippen LogP contribution in [0, 0.1) is 0 Å². The zero-order valence-corrected chi connectivity index (χ0v) is 23.1. The molecule has 5 aromatic rings. The predicted molar refractivity (Wildman–Crippen MR) is 163 cm³/mol. The average Bonchev–Trinajstić information content (AvgIpc) is 3.62. The molecule has 0 unspecified atom stereocenters. The zero-order valence-electron chi connectivity index (χ0n) is 22.2. The first kappa shape index (κ1) is 25.6. The summed E-state index contributed by atoms with van der Waals surface area (Å²) in [6, 6.07) is 30.3. The molecule has 1 saturated heterocycles. The Morgan fingerprint density at radius 2 is 1.77 bits per heavy atom. The molecule has 40 heavy (non-hydrogen) atoms. The Labute approximate surface area is 238 Å². The Hall–Kier alpha value is -4.69. The van der Waals surface area contributed by atoms with Crippen LogP contribution in [0.1, 0.15) is 36.8 Å². The number of benzene rings is 3. The number of pyridine rings is 1. The number of ether oxygens (including phenoxy) is 1. The van der Waals surface area contributed by atoms with Gasteiger partial charge in [-0.3, -0.25) is 9.78 Å². The number of nitrogens with one attached hydrogen (secondary N) is 2. The number of carbonyl (C=O) groups excluding carboxylic acids is 1. The highest BCUT2D eigenvalue weighted by atomic mass is 32.1. The summed E-state index contributed by atoms with van der Waals surface area (Å²) in [5.41, 5.74) is 4.47. The Bertz CT molecular complexity index is 1700. The topological polar surface area (TPSA) is 71.4 Å². The summed E-state index contributed by atoms with van der Waals surface area (Å²) in [6.45, 7) is 1.82. The van der Waals surface area contributed by atoms with E-state index in [0.717, 1.165) is 22.8 Å². The number of rotatable bonds is 7. The molecule has 200 valence electrons. The van der Waals surface area contributed by atoms with Gasteiger partial charge in [-0.15, -0.1) is 0 Å². The molecular formula is C32H29N5O2S. The van der Waals surface area contributed by atoms with Crippen LogP contribution in [-0.4, -0.2) is 27.7 Å². The van der Waals surface area contributed by atoms with Gasteiger partial charge in [0.25, 0.3) is 0 Å². The highest BCUT2D eigenvalue weighted by molar-refractivity contribution is 7.80. The fourth-order valence-electron chi connectivity index (χ4n) is 5.30. The quantitative estimate of drug-likeness (QED) is 0.225. The summed E-state index contributed by atoms with van der Waals surface area (Å²) in [6.07, 6.45) is 4.26. The number of thiocarbonyl (C=S) groups is 1. The first-order chi connectivity index (χ1) is 19.6. The molecule has 0 aliphatic carbocycles. The monoisotopic (exact) mass is 547 g/mol. The number of nitrogens with zero attached hydrogens (tertiary/aromatic N) is 3. The van der Waals surface area contributed by atoms with E-state index in [1.54, 1.807) is 13.3 Å². The Kier molecular flexibility index (Phi) is 6.92. The fourth-order valence-corrected chi connectivity index (χ4v) is 5.65. The molecule has 3 heterocycles. The number of anilines is 2. The van der Waals surface area contributed by atoms with Crippen molar-refractivity contribution in [2.24, 2.45) is 0 Å². The molecule has 2 aromatic heterocycles. The molecule has 6 rings (SSSR count). The highest BCUT2D eigenvalue weighted by Gasteiger charge is 2.42. The Morgan fingerprint density at radius 3 is 2.55 bits per heavy atom. The number of hydrogen-bond donors (Lipinski definition) is 2. The molecule has 0 spiro atoms. The number of fused-ring (bicyclic) bond motifs is 1. The summed E-state index contributed by atoms with van der Waals surface area (Å²) in [5, 5.41) is 9.39. The van der Waals surface area contributed by atoms with Gasteiger partial charge in [-0.05, 0) is 71.5 Å². The summed E-state index contributed by atoms with van der Waals surface area (Å²) in [4.78, 5) is 18.9. The van der Waals surface area contributed by atoms with Gasteiger partial charge >= 0.3 is 0 Å². The van der Waals surface area contributed by atoms with E-state index in [9.17, 15) is 4.79 Å². The van der Waals surface area contributed by atoms with Crippen molar-refractivity contribution in [3.05, 3.63) is 115 Å². The molecule has 7 nitrogen and oxygen atoms in total. The number of methoxy groups -OCH3 is 1. The van der Waals surface area contributed by atoms with Gasteiger partial charge in [0.1, 0.15) is 11.8 Å². The number of aromatic nitrogens is 2. The van der Waals surface area contributed by atoms with Crippen molar-refractivity contribution in [1.82, 2.24) is 14.9 Å². The molecule has 1 fully saturated rings. The summed E-state index contributed by atoms with van der Waals surface area (Å²) < 4.78 is 7.89. The summed E-state index contributed by atoms with van der Waals surface area (Å²) in [5.74, 6) is 0.484. The van der Waals surface area contributed by atoms with Crippen LogP contribution in [0.5, 0.6) is 5.75 Å².